The van der Waals surface area contributed by atoms with Crippen molar-refractivity contribution in [2.45, 2.75) is 77.9 Å². The van der Waals surface area contributed by atoms with Gasteiger partial charge in [-0.1, -0.05) is 20.8 Å². The molecule has 2 N–H and O–H groups in total. The van der Waals surface area contributed by atoms with Crippen molar-refractivity contribution in [1.29, 1.82) is 0 Å². The van der Waals surface area contributed by atoms with E-state index in [1.54, 1.807) is 0 Å². The molecular weight excluding hydrogens is 254 g/mol. The van der Waals surface area contributed by atoms with Gasteiger partial charge in [0.05, 0.1) is 5.69 Å². The summed E-state index contributed by atoms with van der Waals surface area (Å²) in [4.78, 5) is 8.76. The molecule has 1 aliphatic heterocycles. The molecule has 3 unspecified atom stereocenters. The Morgan fingerprint density at radius 2 is 2.16 bits per heavy atom. The third-order valence-electron chi connectivity index (χ3n) is 4.46. The van der Waals surface area contributed by atoms with Gasteiger partial charge in [-0.2, -0.15) is 0 Å². The first-order valence-corrected chi connectivity index (χ1v) is 8.41. The molecule has 1 aliphatic rings. The molecule has 1 saturated heterocycles. The zero-order valence-corrected chi connectivity index (χ0v) is 13.5. The third kappa shape index (κ3) is 2.79. The molecule has 2 rings (SSSR count). The highest BCUT2D eigenvalue weighted by molar-refractivity contribution is 7.15. The normalized spacial score (nSPS) is 25.0. The minimum atomic E-state index is 0.515. The number of anilines is 1. The van der Waals surface area contributed by atoms with Gasteiger partial charge in [-0.05, 0) is 38.5 Å². The zero-order chi connectivity index (χ0) is 14.0. The van der Waals surface area contributed by atoms with E-state index >= 15 is 0 Å². The summed E-state index contributed by atoms with van der Waals surface area (Å²) < 4.78 is 0. The fourth-order valence-corrected chi connectivity index (χ4v) is 4.24. The summed E-state index contributed by atoms with van der Waals surface area (Å²) >= 11 is 1.81. The van der Waals surface area contributed by atoms with Gasteiger partial charge in [0.15, 0.2) is 5.13 Å². The number of hydrogen-bond acceptors (Lipinski definition) is 4. The van der Waals surface area contributed by atoms with Crippen LogP contribution in [0.5, 0.6) is 0 Å². The van der Waals surface area contributed by atoms with Crippen LogP contribution in [-0.4, -0.2) is 17.1 Å². The molecule has 0 radical (unpaired) electrons. The fraction of sp³-hybridized carbons (Fsp3) is 0.800. The summed E-state index contributed by atoms with van der Waals surface area (Å²) in [6, 6.07) is 1.28. The van der Waals surface area contributed by atoms with E-state index in [9.17, 15) is 0 Å². The number of nitrogens with two attached hydrogens (primary N) is 1. The largest absolute Gasteiger partial charge is 0.342 e. The molecule has 0 bridgehead atoms. The SMILES string of the molecule is CCC(C)c1nc(N2C(C)CCC2CC)sc1CN. The Balaban J connectivity index is 2.32. The van der Waals surface area contributed by atoms with Gasteiger partial charge in [-0.3, -0.25) is 0 Å². The monoisotopic (exact) mass is 281 g/mol. The van der Waals surface area contributed by atoms with Gasteiger partial charge >= 0.3 is 0 Å². The van der Waals surface area contributed by atoms with Crippen LogP contribution in [0.25, 0.3) is 0 Å². The van der Waals surface area contributed by atoms with E-state index in [0.717, 1.165) is 6.42 Å². The van der Waals surface area contributed by atoms with Crippen molar-refractivity contribution in [1.82, 2.24) is 4.98 Å². The maximum atomic E-state index is 5.91. The predicted octanol–water partition coefficient (Wildman–Crippen LogP) is 3.88. The number of hydrogen-bond donors (Lipinski definition) is 1. The van der Waals surface area contributed by atoms with E-state index in [2.05, 4.69) is 32.6 Å². The highest BCUT2D eigenvalue weighted by Gasteiger charge is 2.32. The Morgan fingerprint density at radius 1 is 1.42 bits per heavy atom. The molecular formula is C15H27N3S. The molecule has 1 aromatic rings. The maximum Gasteiger partial charge on any atom is 0.186 e. The number of rotatable bonds is 5. The Morgan fingerprint density at radius 3 is 2.74 bits per heavy atom. The van der Waals surface area contributed by atoms with Crippen molar-refractivity contribution in [2.24, 2.45) is 5.73 Å². The lowest BCUT2D eigenvalue weighted by Gasteiger charge is -2.27. The lowest BCUT2D eigenvalue weighted by molar-refractivity contribution is 0.622. The molecule has 0 spiro atoms. The average molecular weight is 281 g/mol. The van der Waals surface area contributed by atoms with Crippen LogP contribution in [0.2, 0.25) is 0 Å². The molecule has 0 amide bonds. The maximum absolute atomic E-state index is 5.91. The van der Waals surface area contributed by atoms with Gasteiger partial charge in [-0.25, -0.2) is 4.98 Å². The fourth-order valence-electron chi connectivity index (χ4n) is 3.00. The lowest BCUT2D eigenvalue weighted by atomic mass is 10.0. The van der Waals surface area contributed by atoms with E-state index in [-0.39, 0.29) is 0 Å². The highest BCUT2D eigenvalue weighted by atomic mass is 32.1. The molecule has 108 valence electrons. The number of aromatic nitrogens is 1. The van der Waals surface area contributed by atoms with Gasteiger partial charge in [0.1, 0.15) is 0 Å². The molecule has 0 aliphatic carbocycles. The van der Waals surface area contributed by atoms with Crippen molar-refractivity contribution in [2.75, 3.05) is 4.90 Å². The second kappa shape index (κ2) is 6.23. The Hall–Kier alpha value is -0.610. The first kappa shape index (κ1) is 14.8. The second-order valence-electron chi connectivity index (χ2n) is 5.71. The van der Waals surface area contributed by atoms with Crippen molar-refractivity contribution < 1.29 is 0 Å². The van der Waals surface area contributed by atoms with Crippen LogP contribution in [0.3, 0.4) is 0 Å². The summed E-state index contributed by atoms with van der Waals surface area (Å²) in [6.07, 6.45) is 4.92. The first-order chi connectivity index (χ1) is 9.12. The second-order valence-corrected chi connectivity index (χ2v) is 6.78. The number of thiazole rings is 1. The van der Waals surface area contributed by atoms with Crippen molar-refractivity contribution in [3.8, 4) is 0 Å². The summed E-state index contributed by atoms with van der Waals surface area (Å²) in [6.45, 7) is 9.70. The van der Waals surface area contributed by atoms with Crippen molar-refractivity contribution in [3.63, 3.8) is 0 Å². The molecule has 4 heteroatoms. The molecule has 3 nitrogen and oxygen atoms in total. The highest BCUT2D eigenvalue weighted by Crippen LogP contribution is 2.38. The van der Waals surface area contributed by atoms with Gasteiger partial charge in [0, 0.05) is 23.5 Å². The molecule has 19 heavy (non-hydrogen) atoms. The average Bonchev–Trinajstić information content (AvgIpc) is 3.00. The topological polar surface area (TPSA) is 42.2 Å². The van der Waals surface area contributed by atoms with Crippen LogP contribution in [0.1, 0.15) is 69.9 Å². The smallest absolute Gasteiger partial charge is 0.186 e. The quantitative estimate of drug-likeness (QED) is 0.890. The number of nitrogens with zero attached hydrogens (tertiary/aromatic N) is 2. The van der Waals surface area contributed by atoms with Crippen molar-refractivity contribution in [3.05, 3.63) is 10.6 Å². The van der Waals surface area contributed by atoms with Gasteiger partial charge in [0.25, 0.3) is 0 Å². The van der Waals surface area contributed by atoms with Gasteiger partial charge in [0.2, 0.25) is 0 Å². The van der Waals surface area contributed by atoms with E-state index in [1.165, 1.54) is 35.0 Å². The molecule has 1 fully saturated rings. The zero-order valence-electron chi connectivity index (χ0n) is 12.6. The van der Waals surface area contributed by atoms with Crippen LogP contribution in [0.4, 0.5) is 5.13 Å². The van der Waals surface area contributed by atoms with Crippen LogP contribution < -0.4 is 10.6 Å². The van der Waals surface area contributed by atoms with E-state index in [1.807, 2.05) is 11.3 Å². The Bertz CT molecular complexity index is 416. The molecule has 0 aromatic carbocycles. The van der Waals surface area contributed by atoms with Gasteiger partial charge in [-0.15, -0.1) is 11.3 Å². The molecule has 3 atom stereocenters. The van der Waals surface area contributed by atoms with Crippen molar-refractivity contribution >= 4 is 16.5 Å². The third-order valence-corrected chi connectivity index (χ3v) is 5.57. The summed E-state index contributed by atoms with van der Waals surface area (Å²) in [7, 11) is 0. The first-order valence-electron chi connectivity index (χ1n) is 7.60. The van der Waals surface area contributed by atoms with Crippen LogP contribution >= 0.6 is 11.3 Å². The van der Waals surface area contributed by atoms with Crippen LogP contribution in [-0.2, 0) is 6.54 Å². The Kier molecular flexibility index (Phi) is 4.85. The molecule has 1 aromatic heterocycles. The standard InChI is InChI=1S/C15H27N3S/c1-5-10(3)14-13(9-16)19-15(17-14)18-11(4)7-8-12(18)6-2/h10-12H,5-9,16H2,1-4H3. The van der Waals surface area contributed by atoms with E-state index in [0.29, 0.717) is 24.5 Å². The van der Waals surface area contributed by atoms with E-state index < -0.39 is 0 Å². The van der Waals surface area contributed by atoms with Crippen LogP contribution in [0.15, 0.2) is 0 Å². The van der Waals surface area contributed by atoms with E-state index in [4.69, 9.17) is 10.7 Å². The minimum Gasteiger partial charge on any atom is -0.342 e. The minimum absolute atomic E-state index is 0.515. The van der Waals surface area contributed by atoms with Gasteiger partial charge < -0.3 is 10.6 Å². The predicted molar refractivity (Wildman–Crippen MR) is 84.0 cm³/mol. The summed E-state index contributed by atoms with van der Waals surface area (Å²) in [5, 5.41) is 1.20. The summed E-state index contributed by atoms with van der Waals surface area (Å²) in [5.74, 6) is 0.515. The molecule has 0 saturated carbocycles. The summed E-state index contributed by atoms with van der Waals surface area (Å²) in [5.41, 5.74) is 7.14. The Labute approximate surface area is 121 Å². The van der Waals surface area contributed by atoms with Crippen LogP contribution in [0, 0.1) is 0 Å². The lowest BCUT2D eigenvalue weighted by Crippen LogP contribution is -2.33. The molecule has 2 heterocycles.